The molecule has 0 saturated carbocycles. The van der Waals surface area contributed by atoms with Crippen molar-refractivity contribution in [1.29, 1.82) is 0 Å². The van der Waals surface area contributed by atoms with Crippen LogP contribution in [0.4, 0.5) is 0 Å². The van der Waals surface area contributed by atoms with Gasteiger partial charge in [-0.15, -0.1) is 0 Å². The number of primary amides is 1. The second-order valence-electron chi connectivity index (χ2n) is 14.3. The van der Waals surface area contributed by atoms with Crippen LogP contribution in [0.3, 0.4) is 0 Å². The zero-order valence-electron chi connectivity index (χ0n) is 31.1. The number of imidazole rings is 1. The van der Waals surface area contributed by atoms with Crippen molar-refractivity contribution in [1.82, 2.24) is 36.2 Å². The Morgan fingerprint density at radius 1 is 0.778 bits per heavy atom. The number of aliphatic imine (C=N–C) groups is 1. The highest BCUT2D eigenvalue weighted by Gasteiger charge is 2.31. The summed E-state index contributed by atoms with van der Waals surface area (Å²) in [7, 11) is 0. The molecule has 5 amide bonds. The average Bonchev–Trinajstić information content (AvgIpc) is 3.78. The first-order valence-corrected chi connectivity index (χ1v) is 17.7. The molecule has 0 aliphatic rings. The number of guanidine groups is 1. The molecule has 2 aromatic heterocycles. The van der Waals surface area contributed by atoms with Gasteiger partial charge in [0, 0.05) is 61.7 Å². The van der Waals surface area contributed by atoms with Gasteiger partial charge >= 0.3 is 0 Å². The van der Waals surface area contributed by atoms with Gasteiger partial charge in [-0.2, -0.15) is 0 Å². The van der Waals surface area contributed by atoms with Gasteiger partial charge in [-0.1, -0.05) is 63.2 Å². The van der Waals surface area contributed by atoms with Crippen molar-refractivity contribution in [2.45, 2.75) is 89.4 Å². The van der Waals surface area contributed by atoms with Crippen LogP contribution < -0.4 is 38.5 Å². The van der Waals surface area contributed by atoms with Gasteiger partial charge in [-0.3, -0.25) is 29.0 Å². The number of nitrogens with zero attached hydrogens (tertiary/aromatic N) is 2. The van der Waals surface area contributed by atoms with E-state index in [1.807, 2.05) is 48.5 Å². The Labute approximate surface area is 313 Å². The van der Waals surface area contributed by atoms with Gasteiger partial charge < -0.3 is 48.4 Å². The van der Waals surface area contributed by atoms with Gasteiger partial charge in [-0.25, -0.2) is 4.98 Å². The number of nitrogens with two attached hydrogens (primary N) is 3. The van der Waals surface area contributed by atoms with Crippen LogP contribution in [0.25, 0.3) is 10.9 Å². The molecule has 288 valence electrons. The lowest BCUT2D eigenvalue weighted by Crippen LogP contribution is -2.59. The quantitative estimate of drug-likeness (QED) is 0.0397. The Bertz CT molecular complexity index is 1930. The van der Waals surface area contributed by atoms with Gasteiger partial charge in [-0.05, 0) is 41.0 Å². The van der Waals surface area contributed by atoms with Gasteiger partial charge in [0.1, 0.15) is 24.2 Å². The molecular formula is C38H51N11O5. The number of aromatic nitrogens is 3. The van der Waals surface area contributed by atoms with E-state index in [0.717, 1.165) is 27.6 Å². The fraction of sp³-hybridized carbons (Fsp3) is 0.395. The maximum atomic E-state index is 14.2. The third-order valence-electron chi connectivity index (χ3n) is 8.90. The Balaban J connectivity index is 1.60. The summed E-state index contributed by atoms with van der Waals surface area (Å²) >= 11 is 0. The minimum Gasteiger partial charge on any atom is -0.370 e. The maximum absolute atomic E-state index is 14.2. The summed E-state index contributed by atoms with van der Waals surface area (Å²) in [4.78, 5) is 80.6. The summed E-state index contributed by atoms with van der Waals surface area (Å²) in [6.45, 7) is 7.71. The van der Waals surface area contributed by atoms with Crippen LogP contribution in [0.2, 0.25) is 0 Å². The molecule has 4 rings (SSSR count). The molecule has 0 spiro atoms. The minimum atomic E-state index is -1.18. The highest BCUT2D eigenvalue weighted by atomic mass is 16.2. The van der Waals surface area contributed by atoms with Crippen molar-refractivity contribution in [3.8, 4) is 0 Å². The standard InChI is InChI=1S/C38H51N11O5/c1-22(50)46-32(18-26-20-42-21-45-26)36(54)49-31(16-23-11-13-25(14-12-23)38(2,3)4)35(53)47-29(10-7-15-43-37(40)41)34(52)48-30(33(39)51)17-24-19-44-28-9-6-5-8-27(24)28/h5-6,8-9,11-14,19-21,29-32,44H,7,10,15-18H2,1-4H3,(H2,39,51)(H,42,45)(H,46,50)(H,47,53)(H,48,52)(H,49,54)(H4,40,41,43)/t29-,30-,31+,32-/m0/s1. The number of fused-ring (bicyclic) bond motifs is 1. The van der Waals surface area contributed by atoms with Crippen LogP contribution in [0.15, 0.2) is 72.2 Å². The van der Waals surface area contributed by atoms with Crippen molar-refractivity contribution in [3.63, 3.8) is 0 Å². The normalized spacial score (nSPS) is 13.6. The number of benzene rings is 2. The lowest BCUT2D eigenvalue weighted by molar-refractivity contribution is -0.134. The van der Waals surface area contributed by atoms with Crippen LogP contribution in [0, 0.1) is 0 Å². The molecule has 0 fully saturated rings. The summed E-state index contributed by atoms with van der Waals surface area (Å²) < 4.78 is 0. The molecule has 0 bridgehead atoms. The van der Waals surface area contributed by atoms with E-state index >= 15 is 0 Å². The molecule has 16 nitrogen and oxygen atoms in total. The SMILES string of the molecule is CC(=O)N[C@@H](Cc1cnc[nH]1)C(=O)N[C@H](Cc1ccc(C(C)(C)C)cc1)C(=O)N[C@@H](CCCN=C(N)N)C(=O)N[C@@H](Cc1c[nH]c2ccccc12)C(N)=O. The molecule has 0 unspecified atom stereocenters. The van der Waals surface area contributed by atoms with Crippen LogP contribution >= 0.6 is 0 Å². The Kier molecular flexibility index (Phi) is 13.9. The molecule has 12 N–H and O–H groups in total. The third kappa shape index (κ3) is 11.9. The lowest BCUT2D eigenvalue weighted by atomic mass is 9.86. The molecule has 2 heterocycles. The summed E-state index contributed by atoms with van der Waals surface area (Å²) in [5.41, 5.74) is 20.7. The number of carbonyl (C=O) groups is 5. The topological polar surface area (TPSA) is 268 Å². The van der Waals surface area contributed by atoms with Gasteiger partial charge in [0.2, 0.25) is 29.5 Å². The molecular weight excluding hydrogens is 690 g/mol. The number of amides is 5. The van der Waals surface area contributed by atoms with Crippen LogP contribution in [0.5, 0.6) is 0 Å². The summed E-state index contributed by atoms with van der Waals surface area (Å²) in [6.07, 6.45) is 5.37. The highest BCUT2D eigenvalue weighted by Crippen LogP contribution is 2.23. The second-order valence-corrected chi connectivity index (χ2v) is 14.3. The Hall–Kier alpha value is -6.19. The van der Waals surface area contributed by atoms with Crippen molar-refractivity contribution in [3.05, 3.63) is 89.6 Å². The van der Waals surface area contributed by atoms with Crippen LogP contribution in [0.1, 0.15) is 62.9 Å². The molecule has 16 heteroatoms. The number of para-hydroxylation sites is 1. The number of rotatable bonds is 18. The first-order chi connectivity index (χ1) is 25.6. The predicted molar refractivity (Wildman–Crippen MR) is 206 cm³/mol. The van der Waals surface area contributed by atoms with E-state index in [0.29, 0.717) is 12.1 Å². The lowest BCUT2D eigenvalue weighted by Gasteiger charge is -2.26. The summed E-state index contributed by atoms with van der Waals surface area (Å²) in [5.74, 6) is -3.27. The Morgan fingerprint density at radius 3 is 2.02 bits per heavy atom. The van der Waals surface area contributed by atoms with Gasteiger partial charge in [0.05, 0.1) is 6.33 Å². The predicted octanol–water partition coefficient (Wildman–Crippen LogP) is 0.714. The molecule has 2 aromatic carbocycles. The maximum Gasteiger partial charge on any atom is 0.243 e. The van der Waals surface area contributed by atoms with E-state index in [1.165, 1.54) is 19.4 Å². The molecule has 0 aliphatic carbocycles. The van der Waals surface area contributed by atoms with Gasteiger partial charge in [0.25, 0.3) is 0 Å². The first kappa shape index (κ1) is 40.6. The molecule has 0 saturated heterocycles. The fourth-order valence-electron chi connectivity index (χ4n) is 5.99. The number of hydrogen-bond donors (Lipinski definition) is 9. The number of H-pyrrole nitrogens is 2. The van der Waals surface area contributed by atoms with Gasteiger partial charge in [0.15, 0.2) is 5.96 Å². The molecule has 4 aromatic rings. The fourth-order valence-corrected chi connectivity index (χ4v) is 5.99. The third-order valence-corrected chi connectivity index (χ3v) is 8.90. The zero-order valence-corrected chi connectivity index (χ0v) is 31.1. The van der Waals surface area contributed by atoms with Crippen molar-refractivity contribution < 1.29 is 24.0 Å². The average molecular weight is 742 g/mol. The van der Waals surface area contributed by atoms with Crippen LogP contribution in [-0.2, 0) is 48.7 Å². The monoisotopic (exact) mass is 741 g/mol. The van der Waals surface area contributed by atoms with E-state index in [4.69, 9.17) is 17.2 Å². The summed E-state index contributed by atoms with van der Waals surface area (Å²) in [6, 6.07) is 10.7. The number of hydrogen-bond acceptors (Lipinski definition) is 7. The largest absolute Gasteiger partial charge is 0.370 e. The highest BCUT2D eigenvalue weighted by molar-refractivity contribution is 5.96. The first-order valence-electron chi connectivity index (χ1n) is 17.7. The molecule has 0 aliphatic heterocycles. The van der Waals surface area contributed by atoms with E-state index in [1.54, 1.807) is 6.20 Å². The number of carbonyl (C=O) groups excluding carboxylic acids is 5. The van der Waals surface area contributed by atoms with Crippen molar-refractivity contribution in [2.24, 2.45) is 22.2 Å². The van der Waals surface area contributed by atoms with Crippen molar-refractivity contribution in [2.75, 3.05) is 6.54 Å². The van der Waals surface area contributed by atoms with E-state index < -0.39 is 53.7 Å². The summed E-state index contributed by atoms with van der Waals surface area (Å²) in [5, 5.41) is 11.8. The Morgan fingerprint density at radius 2 is 1.41 bits per heavy atom. The van der Waals surface area contributed by atoms with E-state index in [2.05, 4.69) is 62.0 Å². The zero-order chi connectivity index (χ0) is 39.4. The van der Waals surface area contributed by atoms with Crippen LogP contribution in [-0.4, -0.2) is 81.2 Å². The molecule has 0 radical (unpaired) electrons. The number of nitrogens with one attached hydrogen (secondary N) is 6. The molecule has 54 heavy (non-hydrogen) atoms. The molecule has 4 atom stereocenters. The van der Waals surface area contributed by atoms with E-state index in [-0.39, 0.29) is 43.6 Å². The minimum absolute atomic E-state index is 0.0612. The second kappa shape index (κ2) is 18.5. The van der Waals surface area contributed by atoms with E-state index in [9.17, 15) is 24.0 Å². The smallest absolute Gasteiger partial charge is 0.243 e. The van der Waals surface area contributed by atoms with Crippen molar-refractivity contribution >= 4 is 46.4 Å². The number of aromatic amines is 2.